The van der Waals surface area contributed by atoms with Crippen molar-refractivity contribution in [1.29, 1.82) is 0 Å². The van der Waals surface area contributed by atoms with Crippen molar-refractivity contribution in [3.63, 3.8) is 0 Å². The summed E-state index contributed by atoms with van der Waals surface area (Å²) >= 11 is 3.21. The average molecular weight is 370 g/mol. The molecule has 0 atom stereocenters. The first kappa shape index (κ1) is 17.6. The zero-order chi connectivity index (χ0) is 18.1. The normalized spacial score (nSPS) is 11.0. The van der Waals surface area contributed by atoms with Gasteiger partial charge in [0.25, 0.3) is 5.91 Å². The summed E-state index contributed by atoms with van der Waals surface area (Å²) in [5.41, 5.74) is 9.90. The van der Waals surface area contributed by atoms with Crippen LogP contribution >= 0.6 is 23.5 Å². The number of nitrogens with zero attached hydrogens (tertiary/aromatic N) is 2. The Bertz CT molecular complexity index is 969. The van der Waals surface area contributed by atoms with E-state index in [0.29, 0.717) is 5.56 Å². The maximum absolute atomic E-state index is 11.7. The standard InChI is InChI=1S/C19H19N3OS2/c1-11(13-8-17(24-3)21-18(9-13)25-4)12-5-6-16-14(7-12)15(19(20)23)10-22(16)2/h5-10H,1H2,2-4H3,(H2,20,23). The zero-order valence-corrected chi connectivity index (χ0v) is 16.0. The van der Waals surface area contributed by atoms with Crippen molar-refractivity contribution in [1.82, 2.24) is 9.55 Å². The third kappa shape index (κ3) is 3.32. The molecule has 0 unspecified atom stereocenters. The van der Waals surface area contributed by atoms with Crippen LogP contribution in [0.2, 0.25) is 0 Å². The van der Waals surface area contributed by atoms with E-state index < -0.39 is 5.91 Å². The van der Waals surface area contributed by atoms with Crippen molar-refractivity contribution >= 4 is 45.9 Å². The molecule has 0 saturated heterocycles. The number of primary amides is 1. The lowest BCUT2D eigenvalue weighted by Gasteiger charge is -2.10. The summed E-state index contributed by atoms with van der Waals surface area (Å²) in [6, 6.07) is 10.1. The van der Waals surface area contributed by atoms with Crippen LogP contribution < -0.4 is 5.73 Å². The number of nitrogens with two attached hydrogens (primary N) is 1. The number of carbonyl (C=O) groups excluding carboxylic acids is 1. The second-order valence-electron chi connectivity index (χ2n) is 5.67. The highest BCUT2D eigenvalue weighted by Crippen LogP contribution is 2.30. The van der Waals surface area contributed by atoms with Crippen LogP contribution in [0.15, 0.2) is 53.2 Å². The quantitative estimate of drug-likeness (QED) is 0.686. The van der Waals surface area contributed by atoms with E-state index in [1.807, 2.05) is 54.5 Å². The summed E-state index contributed by atoms with van der Waals surface area (Å²) in [7, 11) is 1.90. The molecule has 2 heterocycles. The minimum Gasteiger partial charge on any atom is -0.366 e. The zero-order valence-electron chi connectivity index (χ0n) is 14.4. The Morgan fingerprint density at radius 3 is 2.32 bits per heavy atom. The van der Waals surface area contributed by atoms with Crippen molar-refractivity contribution in [2.75, 3.05) is 12.5 Å². The average Bonchev–Trinajstić information content (AvgIpc) is 2.97. The maximum Gasteiger partial charge on any atom is 0.250 e. The minimum absolute atomic E-state index is 0.424. The molecule has 1 amide bonds. The Balaban J connectivity index is 2.11. The molecule has 0 spiro atoms. The fraction of sp³-hybridized carbons (Fsp3) is 0.158. The van der Waals surface area contributed by atoms with E-state index in [1.54, 1.807) is 29.7 Å². The van der Waals surface area contributed by atoms with E-state index in [0.717, 1.165) is 37.7 Å². The molecular weight excluding hydrogens is 350 g/mol. The molecule has 3 aromatic rings. The number of pyridine rings is 1. The van der Waals surface area contributed by atoms with E-state index in [9.17, 15) is 4.79 Å². The van der Waals surface area contributed by atoms with Crippen molar-refractivity contribution in [2.45, 2.75) is 10.1 Å². The minimum atomic E-state index is -0.424. The van der Waals surface area contributed by atoms with Gasteiger partial charge in [0.15, 0.2) is 0 Å². The third-order valence-corrected chi connectivity index (χ3v) is 5.40. The number of hydrogen-bond donors (Lipinski definition) is 1. The molecule has 6 heteroatoms. The Morgan fingerprint density at radius 1 is 1.12 bits per heavy atom. The molecule has 0 aliphatic heterocycles. The Kier molecular flexibility index (Phi) is 4.92. The number of hydrogen-bond acceptors (Lipinski definition) is 4. The van der Waals surface area contributed by atoms with Gasteiger partial charge in [-0.05, 0) is 53.5 Å². The van der Waals surface area contributed by atoms with Gasteiger partial charge in [0.2, 0.25) is 0 Å². The van der Waals surface area contributed by atoms with Crippen molar-refractivity contribution < 1.29 is 4.79 Å². The van der Waals surface area contributed by atoms with E-state index in [-0.39, 0.29) is 0 Å². The molecule has 4 nitrogen and oxygen atoms in total. The summed E-state index contributed by atoms with van der Waals surface area (Å²) in [4.78, 5) is 16.3. The molecular formula is C19H19N3OS2. The smallest absolute Gasteiger partial charge is 0.250 e. The van der Waals surface area contributed by atoms with Gasteiger partial charge in [-0.15, -0.1) is 23.5 Å². The molecule has 0 aliphatic rings. The fourth-order valence-corrected chi connectivity index (χ4v) is 3.73. The van der Waals surface area contributed by atoms with E-state index in [1.165, 1.54) is 0 Å². The predicted octanol–water partition coefficient (Wildman–Crippen LogP) is 4.18. The van der Waals surface area contributed by atoms with Gasteiger partial charge >= 0.3 is 0 Å². The molecule has 128 valence electrons. The molecule has 1 aromatic carbocycles. The summed E-state index contributed by atoms with van der Waals surface area (Å²) in [6.07, 6.45) is 5.78. The number of aromatic nitrogens is 2. The Labute approximate surface area is 155 Å². The first-order valence-corrected chi connectivity index (χ1v) is 10.1. The summed E-state index contributed by atoms with van der Waals surface area (Å²) in [5, 5.41) is 2.76. The molecule has 0 radical (unpaired) electrons. The van der Waals surface area contributed by atoms with Crippen LogP contribution in [0.5, 0.6) is 0 Å². The number of amides is 1. The molecule has 0 fully saturated rings. The van der Waals surface area contributed by atoms with Gasteiger partial charge in [0, 0.05) is 24.1 Å². The highest BCUT2D eigenvalue weighted by atomic mass is 32.2. The largest absolute Gasteiger partial charge is 0.366 e. The topological polar surface area (TPSA) is 60.9 Å². The van der Waals surface area contributed by atoms with E-state index in [2.05, 4.69) is 11.6 Å². The van der Waals surface area contributed by atoms with Crippen LogP contribution in [-0.2, 0) is 7.05 Å². The van der Waals surface area contributed by atoms with Crippen molar-refractivity contribution in [3.05, 3.63) is 59.8 Å². The van der Waals surface area contributed by atoms with Crippen LogP contribution in [0.3, 0.4) is 0 Å². The van der Waals surface area contributed by atoms with Gasteiger partial charge in [0.1, 0.15) is 0 Å². The van der Waals surface area contributed by atoms with E-state index >= 15 is 0 Å². The number of aryl methyl sites for hydroxylation is 1. The second kappa shape index (κ2) is 6.98. The number of carbonyl (C=O) groups is 1. The number of fused-ring (bicyclic) bond motifs is 1. The molecule has 0 bridgehead atoms. The third-order valence-electron chi connectivity index (χ3n) is 4.15. The first-order valence-electron chi connectivity index (χ1n) is 7.63. The molecule has 2 N–H and O–H groups in total. The lowest BCUT2D eigenvalue weighted by molar-refractivity contribution is 0.100. The van der Waals surface area contributed by atoms with Gasteiger partial charge in [-0.3, -0.25) is 4.79 Å². The summed E-state index contributed by atoms with van der Waals surface area (Å²) < 4.78 is 1.91. The number of benzene rings is 1. The van der Waals surface area contributed by atoms with Crippen LogP contribution in [0.1, 0.15) is 21.5 Å². The lowest BCUT2D eigenvalue weighted by atomic mass is 9.98. The lowest BCUT2D eigenvalue weighted by Crippen LogP contribution is -2.10. The molecule has 0 aliphatic carbocycles. The van der Waals surface area contributed by atoms with Crippen molar-refractivity contribution in [2.24, 2.45) is 12.8 Å². The Morgan fingerprint density at radius 2 is 1.76 bits per heavy atom. The van der Waals surface area contributed by atoms with Crippen LogP contribution in [-0.4, -0.2) is 28.0 Å². The van der Waals surface area contributed by atoms with Gasteiger partial charge in [0.05, 0.1) is 15.6 Å². The van der Waals surface area contributed by atoms with Gasteiger partial charge < -0.3 is 10.3 Å². The molecule has 2 aromatic heterocycles. The van der Waals surface area contributed by atoms with Crippen molar-refractivity contribution in [3.8, 4) is 0 Å². The van der Waals surface area contributed by atoms with Crippen LogP contribution in [0.25, 0.3) is 16.5 Å². The number of rotatable bonds is 5. The molecule has 3 rings (SSSR count). The number of thioether (sulfide) groups is 2. The van der Waals surface area contributed by atoms with Crippen LogP contribution in [0.4, 0.5) is 0 Å². The monoisotopic (exact) mass is 369 g/mol. The molecule has 25 heavy (non-hydrogen) atoms. The Hall–Kier alpha value is -2.18. The fourth-order valence-electron chi connectivity index (χ4n) is 2.81. The summed E-state index contributed by atoms with van der Waals surface area (Å²) in [5.74, 6) is -0.424. The SMILES string of the molecule is C=C(c1cc(SC)nc(SC)c1)c1ccc2c(c1)c(C(N)=O)cn2C. The highest BCUT2D eigenvalue weighted by molar-refractivity contribution is 7.99. The van der Waals surface area contributed by atoms with Gasteiger partial charge in [-0.25, -0.2) is 4.98 Å². The van der Waals surface area contributed by atoms with Crippen LogP contribution in [0, 0.1) is 0 Å². The predicted molar refractivity (Wildman–Crippen MR) is 107 cm³/mol. The summed E-state index contributed by atoms with van der Waals surface area (Å²) in [6.45, 7) is 4.26. The van der Waals surface area contributed by atoms with E-state index in [4.69, 9.17) is 5.73 Å². The first-order chi connectivity index (χ1) is 11.9. The van der Waals surface area contributed by atoms with Gasteiger partial charge in [-0.2, -0.15) is 0 Å². The van der Waals surface area contributed by atoms with Gasteiger partial charge in [-0.1, -0.05) is 12.6 Å². The maximum atomic E-state index is 11.7. The second-order valence-corrected chi connectivity index (χ2v) is 7.32. The molecule has 0 saturated carbocycles. The highest BCUT2D eigenvalue weighted by Gasteiger charge is 2.14.